The highest BCUT2D eigenvalue weighted by Gasteiger charge is 2.13. The molecule has 2 heteroatoms. The van der Waals surface area contributed by atoms with Crippen molar-refractivity contribution in [2.75, 3.05) is 0 Å². The maximum Gasteiger partial charge on any atom is 0.105 e. The Morgan fingerprint density at radius 2 is 1.89 bits per heavy atom. The third-order valence-corrected chi connectivity index (χ3v) is 2.91. The summed E-state index contributed by atoms with van der Waals surface area (Å²) in [5.74, 6) is 1.52. The van der Waals surface area contributed by atoms with Gasteiger partial charge in [-0.1, -0.05) is 26.6 Å². The Balaban J connectivity index is 3.58. The number of thiol groups is 1. The van der Waals surface area contributed by atoms with Crippen LogP contribution in [0.2, 0.25) is 5.82 Å². The molecule has 0 N–H and O–H groups in total. The van der Waals surface area contributed by atoms with E-state index < -0.39 is 0 Å². The molecule has 0 heterocycles. The van der Waals surface area contributed by atoms with E-state index in [0.717, 1.165) is 11.7 Å². The van der Waals surface area contributed by atoms with Gasteiger partial charge in [-0.15, -0.1) is 0 Å². The van der Waals surface area contributed by atoms with Crippen LogP contribution in [0, 0.1) is 5.92 Å². The minimum absolute atomic E-state index is 0.588. The van der Waals surface area contributed by atoms with Gasteiger partial charge < -0.3 is 0 Å². The van der Waals surface area contributed by atoms with E-state index >= 15 is 0 Å². The van der Waals surface area contributed by atoms with E-state index in [2.05, 4.69) is 41.2 Å². The third kappa shape index (κ3) is 3.19. The van der Waals surface area contributed by atoms with Crippen molar-refractivity contribution in [3.8, 4) is 0 Å². The molecule has 0 aliphatic heterocycles. The summed E-state index contributed by atoms with van der Waals surface area (Å²) in [6.45, 7) is 6.71. The van der Waals surface area contributed by atoms with Crippen molar-refractivity contribution >= 4 is 20.5 Å². The van der Waals surface area contributed by atoms with Gasteiger partial charge >= 0.3 is 0 Å². The molecule has 0 saturated carbocycles. The van der Waals surface area contributed by atoms with Crippen molar-refractivity contribution in [2.45, 2.75) is 38.3 Å². The molecular formula is C7H17BS. The zero-order valence-electron chi connectivity index (χ0n) is 6.89. The minimum Gasteiger partial charge on any atom is -0.176 e. The predicted octanol–water partition coefficient (Wildman–Crippen LogP) is 1.77. The average molecular weight is 144 g/mol. The van der Waals surface area contributed by atoms with Gasteiger partial charge in [0.1, 0.15) is 7.85 Å². The molecule has 0 aromatic heterocycles. The molecule has 3 unspecified atom stereocenters. The van der Waals surface area contributed by atoms with Gasteiger partial charge in [0.15, 0.2) is 0 Å². The van der Waals surface area contributed by atoms with E-state index in [0.29, 0.717) is 5.25 Å². The summed E-state index contributed by atoms with van der Waals surface area (Å²) >= 11 is 4.46. The molecule has 0 aromatic rings. The van der Waals surface area contributed by atoms with Crippen molar-refractivity contribution in [3.05, 3.63) is 0 Å². The van der Waals surface area contributed by atoms with Crippen LogP contribution in [-0.2, 0) is 0 Å². The molecule has 54 valence electrons. The second kappa shape index (κ2) is 4.27. The Bertz CT molecular complexity index is 73.3. The monoisotopic (exact) mass is 144 g/mol. The number of rotatable bonds is 3. The van der Waals surface area contributed by atoms with E-state index in [4.69, 9.17) is 0 Å². The summed E-state index contributed by atoms with van der Waals surface area (Å²) in [5, 5.41) is 0.588. The normalized spacial score (nSPS) is 20.9. The van der Waals surface area contributed by atoms with Gasteiger partial charge in [-0.2, -0.15) is 12.6 Å². The van der Waals surface area contributed by atoms with Crippen molar-refractivity contribution in [2.24, 2.45) is 5.92 Å². The maximum absolute atomic E-state index is 4.46. The van der Waals surface area contributed by atoms with E-state index in [1.165, 1.54) is 6.42 Å². The summed E-state index contributed by atoms with van der Waals surface area (Å²) in [7, 11) is 2.25. The van der Waals surface area contributed by atoms with Gasteiger partial charge in [0.05, 0.1) is 0 Å². The predicted molar refractivity (Wildman–Crippen MR) is 50.2 cm³/mol. The molecular weight excluding hydrogens is 127 g/mol. The molecule has 3 atom stereocenters. The molecule has 0 nitrogen and oxygen atoms in total. The van der Waals surface area contributed by atoms with E-state index in [1.54, 1.807) is 0 Å². The summed E-state index contributed by atoms with van der Waals surface area (Å²) < 4.78 is 0. The highest BCUT2D eigenvalue weighted by Crippen LogP contribution is 2.22. The van der Waals surface area contributed by atoms with Crippen LogP contribution in [0.5, 0.6) is 0 Å². The van der Waals surface area contributed by atoms with Gasteiger partial charge in [0.25, 0.3) is 0 Å². The quantitative estimate of drug-likeness (QED) is 0.453. The van der Waals surface area contributed by atoms with Gasteiger partial charge in [-0.05, 0) is 12.3 Å². The molecule has 0 aromatic carbocycles. The van der Waals surface area contributed by atoms with Crippen LogP contribution in [0.1, 0.15) is 27.2 Å². The lowest BCUT2D eigenvalue weighted by Gasteiger charge is -2.20. The molecule has 0 aliphatic carbocycles. The summed E-state index contributed by atoms with van der Waals surface area (Å²) in [6.07, 6.45) is 1.18. The third-order valence-electron chi connectivity index (χ3n) is 2.08. The second-order valence-corrected chi connectivity index (χ2v) is 3.74. The fraction of sp³-hybridized carbons (Fsp3) is 1.00. The SMILES string of the molecule is BC(C)C(C)C(S)CC. The van der Waals surface area contributed by atoms with Crippen molar-refractivity contribution in [3.63, 3.8) is 0 Å². The number of hydrogen-bond acceptors (Lipinski definition) is 1. The highest BCUT2D eigenvalue weighted by atomic mass is 32.1. The van der Waals surface area contributed by atoms with Gasteiger partial charge in [-0.3, -0.25) is 0 Å². The first-order valence-corrected chi connectivity index (χ1v) is 4.29. The standard InChI is InChI=1S/C7H17BS/c1-4-7(9)5(2)6(3)8/h5-7,9H,4,8H2,1-3H3. The van der Waals surface area contributed by atoms with Gasteiger partial charge in [0, 0.05) is 5.25 Å². The first-order valence-electron chi connectivity index (χ1n) is 3.77. The summed E-state index contributed by atoms with van der Waals surface area (Å²) in [4.78, 5) is 0. The van der Waals surface area contributed by atoms with Crippen molar-refractivity contribution in [1.82, 2.24) is 0 Å². The van der Waals surface area contributed by atoms with Crippen LogP contribution >= 0.6 is 12.6 Å². The zero-order valence-corrected chi connectivity index (χ0v) is 7.78. The average Bonchev–Trinajstić information content (AvgIpc) is 1.84. The fourth-order valence-corrected chi connectivity index (χ4v) is 1.16. The minimum atomic E-state index is 0.588. The zero-order chi connectivity index (χ0) is 7.44. The molecule has 0 radical (unpaired) electrons. The van der Waals surface area contributed by atoms with E-state index in [-0.39, 0.29) is 0 Å². The molecule has 0 saturated heterocycles. The summed E-state index contributed by atoms with van der Waals surface area (Å²) in [6, 6.07) is 0. The van der Waals surface area contributed by atoms with Crippen LogP contribution in [0.25, 0.3) is 0 Å². The molecule has 0 amide bonds. The molecule has 9 heavy (non-hydrogen) atoms. The van der Waals surface area contributed by atoms with Crippen LogP contribution in [-0.4, -0.2) is 13.1 Å². The molecule has 0 bridgehead atoms. The lowest BCUT2D eigenvalue weighted by atomic mass is 9.77. The van der Waals surface area contributed by atoms with Crippen LogP contribution in [0.4, 0.5) is 0 Å². The Kier molecular flexibility index (Phi) is 4.46. The topological polar surface area (TPSA) is 0 Å². The molecule has 0 spiro atoms. The van der Waals surface area contributed by atoms with Crippen molar-refractivity contribution < 1.29 is 0 Å². The lowest BCUT2D eigenvalue weighted by Crippen LogP contribution is -2.14. The highest BCUT2D eigenvalue weighted by molar-refractivity contribution is 7.81. The molecule has 0 aliphatic rings. The van der Waals surface area contributed by atoms with E-state index in [9.17, 15) is 0 Å². The Morgan fingerprint density at radius 1 is 1.44 bits per heavy atom. The van der Waals surface area contributed by atoms with E-state index in [1.807, 2.05) is 0 Å². The van der Waals surface area contributed by atoms with Gasteiger partial charge in [0.2, 0.25) is 0 Å². The first kappa shape index (κ1) is 9.41. The van der Waals surface area contributed by atoms with Crippen LogP contribution in [0.3, 0.4) is 0 Å². The van der Waals surface area contributed by atoms with Crippen LogP contribution < -0.4 is 0 Å². The first-order chi connectivity index (χ1) is 4.09. The second-order valence-electron chi connectivity index (χ2n) is 3.08. The fourth-order valence-electron chi connectivity index (χ4n) is 0.816. The Labute approximate surface area is 65.2 Å². The Hall–Kier alpha value is 0.415. The smallest absolute Gasteiger partial charge is 0.105 e. The van der Waals surface area contributed by atoms with Crippen LogP contribution in [0.15, 0.2) is 0 Å². The summed E-state index contributed by atoms with van der Waals surface area (Å²) in [5.41, 5.74) is 0. The number of hydrogen-bond donors (Lipinski definition) is 1. The van der Waals surface area contributed by atoms with Crippen molar-refractivity contribution in [1.29, 1.82) is 0 Å². The maximum atomic E-state index is 4.46. The van der Waals surface area contributed by atoms with Gasteiger partial charge in [-0.25, -0.2) is 0 Å². The molecule has 0 fully saturated rings. The Morgan fingerprint density at radius 3 is 2.00 bits per heavy atom. The lowest BCUT2D eigenvalue weighted by molar-refractivity contribution is 0.526. The largest absolute Gasteiger partial charge is 0.176 e. The molecule has 0 rings (SSSR count).